The normalized spacial score (nSPS) is 12.8. The largest absolute Gasteiger partial charge is 0.456 e. The van der Waals surface area contributed by atoms with Crippen LogP contribution in [0.15, 0.2) is 156 Å². The van der Waals surface area contributed by atoms with Crippen molar-refractivity contribution < 1.29 is 4.42 Å². The number of nitrogens with zero attached hydrogens (tertiary/aromatic N) is 5. The molecule has 0 aliphatic heterocycles. The lowest BCUT2D eigenvalue weighted by Gasteiger charge is -2.12. The van der Waals surface area contributed by atoms with Crippen LogP contribution in [0.2, 0.25) is 0 Å². The molecular weight excluding hydrogens is 731 g/mol. The predicted molar refractivity (Wildman–Crippen MR) is 239 cm³/mol. The average molecular weight is 756 g/mol. The van der Waals surface area contributed by atoms with Crippen LogP contribution in [-0.4, -0.2) is 23.9 Å². The van der Waals surface area contributed by atoms with Gasteiger partial charge in [0.25, 0.3) is 0 Å². The number of rotatable bonds is 4. The summed E-state index contributed by atoms with van der Waals surface area (Å²) in [5, 5.41) is 12.3. The van der Waals surface area contributed by atoms with Gasteiger partial charge in [-0.25, -0.2) is 4.98 Å². The number of thiophene rings is 1. The van der Waals surface area contributed by atoms with Gasteiger partial charge in [0.05, 0.1) is 27.6 Å². The van der Waals surface area contributed by atoms with Crippen molar-refractivity contribution in [3.63, 3.8) is 0 Å². The Hall–Kier alpha value is -7.61. The Morgan fingerprint density at radius 3 is 1.90 bits per heavy atom. The van der Waals surface area contributed by atoms with E-state index in [1.807, 2.05) is 41.7 Å². The number of furan rings is 1. The molecule has 6 nitrogen and oxygen atoms in total. The lowest BCUT2D eigenvalue weighted by Crippen LogP contribution is -2.06. The van der Waals surface area contributed by atoms with Crippen LogP contribution in [0.3, 0.4) is 0 Å². The van der Waals surface area contributed by atoms with E-state index in [1.54, 1.807) is 0 Å². The molecule has 0 aliphatic carbocycles. The van der Waals surface area contributed by atoms with Gasteiger partial charge in [0.1, 0.15) is 11.2 Å². The molecule has 0 unspecified atom stereocenters. The van der Waals surface area contributed by atoms with Crippen LogP contribution in [0.5, 0.6) is 0 Å². The van der Waals surface area contributed by atoms with Crippen molar-refractivity contribution in [1.82, 2.24) is 23.9 Å². The van der Waals surface area contributed by atoms with E-state index in [4.69, 9.17) is 19.4 Å². The molecule has 0 bridgehead atoms. The van der Waals surface area contributed by atoms with Crippen LogP contribution in [0, 0.1) is 0 Å². The minimum atomic E-state index is 0.579. The van der Waals surface area contributed by atoms with Crippen molar-refractivity contribution in [2.75, 3.05) is 0 Å². The molecule has 0 atom stereocenters. The zero-order valence-corrected chi connectivity index (χ0v) is 31.3. The highest BCUT2D eigenvalue weighted by atomic mass is 32.1. The van der Waals surface area contributed by atoms with E-state index in [0.29, 0.717) is 17.6 Å². The van der Waals surface area contributed by atoms with Crippen LogP contribution in [0.4, 0.5) is 0 Å². The summed E-state index contributed by atoms with van der Waals surface area (Å²) in [6.07, 6.45) is 0. The van der Waals surface area contributed by atoms with Gasteiger partial charge in [0.2, 0.25) is 5.95 Å². The molecule has 0 fully saturated rings. The van der Waals surface area contributed by atoms with E-state index >= 15 is 0 Å². The molecule has 0 amide bonds. The molecular formula is C51H25N5OS. The van der Waals surface area contributed by atoms with E-state index in [-0.39, 0.29) is 0 Å². The minimum absolute atomic E-state index is 0.579. The van der Waals surface area contributed by atoms with Gasteiger partial charge < -0.3 is 8.82 Å². The van der Waals surface area contributed by atoms with Crippen molar-refractivity contribution >= 4 is 113 Å². The first-order chi connectivity index (χ1) is 28.8. The summed E-state index contributed by atoms with van der Waals surface area (Å²) in [4.78, 5) is 16.1. The molecule has 7 aromatic heterocycles. The lowest BCUT2D eigenvalue weighted by molar-refractivity contribution is 0.669. The molecule has 0 saturated heterocycles. The Morgan fingerprint density at radius 1 is 0.397 bits per heavy atom. The van der Waals surface area contributed by atoms with Gasteiger partial charge in [-0.2, -0.15) is 9.97 Å². The lowest BCUT2D eigenvalue weighted by atomic mass is 10.0. The van der Waals surface area contributed by atoms with Gasteiger partial charge in [0, 0.05) is 74.4 Å². The van der Waals surface area contributed by atoms with Crippen LogP contribution in [-0.2, 0) is 0 Å². The van der Waals surface area contributed by atoms with Crippen LogP contribution in [0.25, 0.3) is 142 Å². The highest BCUT2D eigenvalue weighted by Crippen LogP contribution is 2.53. The van der Waals surface area contributed by atoms with Gasteiger partial charge >= 0.3 is 0 Å². The minimum Gasteiger partial charge on any atom is -0.456 e. The van der Waals surface area contributed by atoms with Crippen molar-refractivity contribution in [2.45, 2.75) is 0 Å². The second-order valence-corrected chi connectivity index (χ2v) is 16.6. The van der Waals surface area contributed by atoms with E-state index in [9.17, 15) is 0 Å². The summed E-state index contributed by atoms with van der Waals surface area (Å²) in [5.74, 6) is 1.78. The molecule has 0 N–H and O–H groups in total. The maximum Gasteiger partial charge on any atom is 0.238 e. The highest BCUT2D eigenvalue weighted by molar-refractivity contribution is 7.26. The zero-order chi connectivity index (χ0) is 37.4. The summed E-state index contributed by atoms with van der Waals surface area (Å²) >= 11 is 1.88. The van der Waals surface area contributed by atoms with Crippen LogP contribution >= 0.6 is 11.3 Å². The van der Waals surface area contributed by atoms with E-state index in [1.165, 1.54) is 74.6 Å². The molecule has 266 valence electrons. The zero-order valence-electron chi connectivity index (χ0n) is 30.5. The molecule has 7 heteroatoms. The summed E-state index contributed by atoms with van der Waals surface area (Å²) in [5.41, 5.74) is 11.8. The Morgan fingerprint density at radius 2 is 1.02 bits per heavy atom. The quantitative estimate of drug-likeness (QED) is 0.179. The second kappa shape index (κ2) is 10.2. The number of benzene rings is 8. The van der Waals surface area contributed by atoms with E-state index in [2.05, 4.69) is 130 Å². The predicted octanol–water partition coefficient (Wildman–Crippen LogP) is 13.7. The van der Waals surface area contributed by atoms with Gasteiger partial charge in [-0.05, 0) is 47.5 Å². The Kier molecular flexibility index (Phi) is 5.22. The number of fused-ring (bicyclic) bond motifs is 5. The number of hydrogen-bond donors (Lipinski definition) is 0. The summed E-state index contributed by atoms with van der Waals surface area (Å²) < 4.78 is 13.8. The maximum absolute atomic E-state index is 6.37. The number of hydrogen-bond acceptors (Lipinski definition) is 5. The topological polar surface area (TPSA) is 61.2 Å². The molecule has 0 spiro atoms. The smallest absolute Gasteiger partial charge is 0.238 e. The molecule has 0 radical (unpaired) electrons. The third-order valence-corrected chi connectivity index (χ3v) is 13.8. The number of para-hydroxylation sites is 2. The second-order valence-electron chi connectivity index (χ2n) is 15.5. The first-order valence-electron chi connectivity index (χ1n) is 19.5. The fraction of sp³-hybridized carbons (Fsp3) is 0. The molecule has 15 rings (SSSR count). The molecule has 58 heavy (non-hydrogen) atoms. The van der Waals surface area contributed by atoms with Crippen LogP contribution < -0.4 is 0 Å². The van der Waals surface area contributed by atoms with Crippen molar-refractivity contribution in [1.29, 1.82) is 0 Å². The fourth-order valence-electron chi connectivity index (χ4n) is 10.3. The number of aromatic nitrogens is 5. The molecule has 8 aromatic carbocycles. The maximum atomic E-state index is 6.37. The fourth-order valence-corrected chi connectivity index (χ4v) is 11.4. The van der Waals surface area contributed by atoms with E-state index < -0.39 is 0 Å². The van der Waals surface area contributed by atoms with Crippen molar-refractivity contribution in [3.05, 3.63) is 152 Å². The standard InChI is InChI=1S/C51H25N5OS/c1-2-8-26(9-3-1)27-16-18-28(19-17-27)49-52-50(34-13-7-15-38-41(34)33-10-4-5-14-37(33)57-38)54-51(53-49)55-35-23-25-39-44-42(35)43-36(55)22-20-31-29-11-6-12-30-32-21-24-40(58-39)45(44)48(32)56(46(29)30)47(31)43/h1-25H. The average Bonchev–Trinajstić information content (AvgIpc) is 4.07. The monoisotopic (exact) mass is 755 g/mol. The third-order valence-electron chi connectivity index (χ3n) is 12.6. The summed E-state index contributed by atoms with van der Waals surface area (Å²) in [7, 11) is 0. The third kappa shape index (κ3) is 3.49. The first kappa shape index (κ1) is 29.6. The van der Waals surface area contributed by atoms with Gasteiger partial charge in [-0.3, -0.25) is 4.57 Å². The SMILES string of the molecule is c1ccc(-c2ccc(-c3nc(-c4cccc5oc6ccccc6c45)nc(-n4c5ccc6sc7ccc8c9cccc%10c%11ccc4c4c5c6c7c8n(c9%10)c%114)n3)cc2)cc1. The Bertz CT molecular complexity index is 4130. The van der Waals surface area contributed by atoms with Gasteiger partial charge in [-0.1, -0.05) is 115 Å². The first-order valence-corrected chi connectivity index (χ1v) is 20.3. The van der Waals surface area contributed by atoms with Crippen molar-refractivity contribution in [3.8, 4) is 39.9 Å². The van der Waals surface area contributed by atoms with Crippen molar-refractivity contribution in [2.24, 2.45) is 0 Å². The van der Waals surface area contributed by atoms with Gasteiger partial charge in [0.15, 0.2) is 11.6 Å². The van der Waals surface area contributed by atoms with E-state index in [0.717, 1.165) is 49.7 Å². The molecule has 7 heterocycles. The molecule has 0 saturated carbocycles. The highest BCUT2D eigenvalue weighted by Gasteiger charge is 2.30. The summed E-state index contributed by atoms with van der Waals surface area (Å²) in [6, 6.07) is 54.0. The Balaban J connectivity index is 1.08. The molecule has 15 aromatic rings. The van der Waals surface area contributed by atoms with Crippen LogP contribution in [0.1, 0.15) is 0 Å². The Labute approximate surface area is 331 Å². The molecule has 0 aliphatic rings. The summed E-state index contributed by atoms with van der Waals surface area (Å²) in [6.45, 7) is 0. The van der Waals surface area contributed by atoms with Gasteiger partial charge in [-0.15, -0.1) is 11.3 Å².